The lowest BCUT2D eigenvalue weighted by Crippen LogP contribution is -2.47. The number of ether oxygens (including phenoxy) is 4. The quantitative estimate of drug-likeness (QED) is 0.295. The largest absolute Gasteiger partial charge is 0.549 e. The van der Waals surface area contributed by atoms with Gasteiger partial charge in [-0.3, -0.25) is 4.79 Å². The molecular weight excluding hydrogens is 324 g/mol. The van der Waals surface area contributed by atoms with Gasteiger partial charge < -0.3 is 39.5 Å². The standard InChI is InChI=1S/C14H26N2O8/c1-11(17)15-10-16-13(20)24-7-6-23-9-14(2,12(18)19)8-22-5-4-21-3/h4-10H2,1-3H3,(H,15,17)(H,16,20)(H,18,19)/p-1. The second kappa shape index (κ2) is 12.5. The van der Waals surface area contributed by atoms with Crippen LogP contribution in [0.2, 0.25) is 0 Å². The zero-order valence-electron chi connectivity index (χ0n) is 14.2. The molecule has 0 aromatic carbocycles. The highest BCUT2D eigenvalue weighted by Crippen LogP contribution is 2.16. The van der Waals surface area contributed by atoms with Crippen LogP contribution in [-0.4, -0.2) is 71.4 Å². The molecule has 0 aromatic rings. The van der Waals surface area contributed by atoms with E-state index in [1.807, 2.05) is 0 Å². The highest BCUT2D eigenvalue weighted by atomic mass is 16.6. The van der Waals surface area contributed by atoms with E-state index in [2.05, 4.69) is 10.6 Å². The summed E-state index contributed by atoms with van der Waals surface area (Å²) in [5, 5.41) is 15.9. The predicted molar refractivity (Wildman–Crippen MR) is 79.8 cm³/mol. The van der Waals surface area contributed by atoms with Gasteiger partial charge in [-0.15, -0.1) is 0 Å². The van der Waals surface area contributed by atoms with Gasteiger partial charge in [0.05, 0.1) is 51.1 Å². The van der Waals surface area contributed by atoms with Gasteiger partial charge in [0, 0.05) is 14.0 Å². The Morgan fingerprint density at radius 2 is 1.58 bits per heavy atom. The van der Waals surface area contributed by atoms with Crippen molar-refractivity contribution >= 4 is 18.0 Å². The van der Waals surface area contributed by atoms with Crippen molar-refractivity contribution in [2.45, 2.75) is 13.8 Å². The van der Waals surface area contributed by atoms with Crippen LogP contribution in [0.5, 0.6) is 0 Å². The molecule has 0 fully saturated rings. The number of hydrogen-bond acceptors (Lipinski definition) is 8. The molecule has 0 bridgehead atoms. The van der Waals surface area contributed by atoms with E-state index in [9.17, 15) is 19.5 Å². The highest BCUT2D eigenvalue weighted by molar-refractivity contribution is 5.74. The van der Waals surface area contributed by atoms with Crippen LogP contribution in [0.15, 0.2) is 0 Å². The Morgan fingerprint density at radius 3 is 2.08 bits per heavy atom. The summed E-state index contributed by atoms with van der Waals surface area (Å²) in [7, 11) is 1.51. The molecule has 0 saturated heterocycles. The fraction of sp³-hybridized carbons (Fsp3) is 0.786. The minimum Gasteiger partial charge on any atom is -0.549 e. The molecule has 1 atom stereocenters. The SMILES string of the molecule is COCCOCC(C)(COCCOC(=O)NCNC(C)=O)C(=O)[O-]. The van der Waals surface area contributed by atoms with Gasteiger partial charge in [0.2, 0.25) is 5.91 Å². The lowest BCUT2D eigenvalue weighted by Gasteiger charge is -2.30. The van der Waals surface area contributed by atoms with Gasteiger partial charge in [0.25, 0.3) is 0 Å². The normalized spacial score (nSPS) is 13.0. The molecule has 0 spiro atoms. The zero-order chi connectivity index (χ0) is 18.4. The van der Waals surface area contributed by atoms with Crippen molar-refractivity contribution in [2.75, 3.05) is 53.4 Å². The monoisotopic (exact) mass is 349 g/mol. The van der Waals surface area contributed by atoms with Crippen molar-refractivity contribution < 1.29 is 38.4 Å². The molecule has 0 saturated carbocycles. The third-order valence-corrected chi connectivity index (χ3v) is 2.80. The number of hydrogen-bond donors (Lipinski definition) is 2. The Bertz CT molecular complexity index is 404. The fourth-order valence-electron chi connectivity index (χ4n) is 1.38. The molecule has 0 rings (SSSR count). The lowest BCUT2D eigenvalue weighted by molar-refractivity contribution is -0.322. The van der Waals surface area contributed by atoms with Gasteiger partial charge in [0.15, 0.2) is 0 Å². The topological polar surface area (TPSA) is 135 Å². The van der Waals surface area contributed by atoms with Crippen LogP contribution in [0.4, 0.5) is 4.79 Å². The first-order chi connectivity index (χ1) is 11.3. The van der Waals surface area contributed by atoms with Crippen LogP contribution in [0.1, 0.15) is 13.8 Å². The van der Waals surface area contributed by atoms with E-state index >= 15 is 0 Å². The number of methoxy groups -OCH3 is 1. The molecule has 1 unspecified atom stereocenters. The number of carboxylic acid groups (broad SMARTS) is 1. The zero-order valence-corrected chi connectivity index (χ0v) is 14.2. The number of aliphatic carboxylic acids is 1. The Kier molecular flexibility index (Phi) is 11.5. The molecular formula is C14H25N2O8-. The lowest BCUT2D eigenvalue weighted by atomic mass is 9.93. The number of rotatable bonds is 13. The third kappa shape index (κ3) is 10.8. The van der Waals surface area contributed by atoms with Crippen molar-refractivity contribution in [3.63, 3.8) is 0 Å². The van der Waals surface area contributed by atoms with Crippen LogP contribution in [0, 0.1) is 5.41 Å². The van der Waals surface area contributed by atoms with E-state index in [0.717, 1.165) is 0 Å². The second-order valence-electron chi connectivity index (χ2n) is 5.17. The summed E-state index contributed by atoms with van der Waals surface area (Å²) in [6.07, 6.45) is -0.724. The average Bonchev–Trinajstić information content (AvgIpc) is 2.50. The number of carbonyl (C=O) groups excluding carboxylic acids is 3. The Labute approximate surface area is 140 Å². The molecule has 2 amide bonds. The number of carbonyl (C=O) groups is 3. The van der Waals surface area contributed by atoms with Crippen LogP contribution in [0.3, 0.4) is 0 Å². The molecule has 0 aliphatic rings. The van der Waals surface area contributed by atoms with E-state index in [4.69, 9.17) is 18.9 Å². The van der Waals surface area contributed by atoms with Gasteiger partial charge in [-0.2, -0.15) is 0 Å². The predicted octanol–water partition coefficient (Wildman–Crippen LogP) is -1.76. The van der Waals surface area contributed by atoms with Crippen molar-refractivity contribution in [3.05, 3.63) is 0 Å². The fourth-order valence-corrected chi connectivity index (χ4v) is 1.38. The summed E-state index contributed by atoms with van der Waals surface area (Å²) in [6.45, 7) is 3.02. The van der Waals surface area contributed by atoms with E-state index in [-0.39, 0.29) is 45.6 Å². The smallest absolute Gasteiger partial charge is 0.408 e. The van der Waals surface area contributed by atoms with Crippen molar-refractivity contribution in [3.8, 4) is 0 Å². The van der Waals surface area contributed by atoms with Gasteiger partial charge >= 0.3 is 6.09 Å². The Balaban J connectivity index is 3.89. The molecule has 10 heteroatoms. The number of nitrogens with one attached hydrogen (secondary N) is 2. The van der Waals surface area contributed by atoms with Crippen LogP contribution < -0.4 is 15.7 Å². The molecule has 2 N–H and O–H groups in total. The Morgan fingerprint density at radius 1 is 1.00 bits per heavy atom. The van der Waals surface area contributed by atoms with Crippen molar-refractivity contribution in [1.29, 1.82) is 0 Å². The maximum absolute atomic E-state index is 11.2. The molecule has 0 aromatic heterocycles. The van der Waals surface area contributed by atoms with E-state index in [0.29, 0.717) is 6.61 Å². The minimum absolute atomic E-state index is 0.00843. The summed E-state index contributed by atoms with van der Waals surface area (Å²) in [6, 6.07) is 0. The third-order valence-electron chi connectivity index (χ3n) is 2.80. The van der Waals surface area contributed by atoms with Gasteiger partial charge in [0.1, 0.15) is 6.61 Å². The van der Waals surface area contributed by atoms with E-state index in [1.165, 1.54) is 21.0 Å². The first-order valence-corrected chi connectivity index (χ1v) is 7.33. The number of carboxylic acids is 1. The molecule has 0 radical (unpaired) electrons. The van der Waals surface area contributed by atoms with Gasteiger partial charge in [-0.1, -0.05) is 0 Å². The van der Waals surface area contributed by atoms with Crippen LogP contribution in [-0.2, 0) is 28.5 Å². The minimum atomic E-state index is -1.32. The second-order valence-corrected chi connectivity index (χ2v) is 5.17. The molecule has 140 valence electrons. The molecule has 0 aliphatic carbocycles. The molecule has 10 nitrogen and oxygen atoms in total. The van der Waals surface area contributed by atoms with Crippen molar-refractivity contribution in [2.24, 2.45) is 5.41 Å². The van der Waals surface area contributed by atoms with Crippen molar-refractivity contribution in [1.82, 2.24) is 10.6 Å². The maximum atomic E-state index is 11.2. The Hall–Kier alpha value is -1.91. The molecule has 0 heterocycles. The number of amides is 2. The summed E-state index contributed by atoms with van der Waals surface area (Å²) >= 11 is 0. The summed E-state index contributed by atoms with van der Waals surface area (Å²) < 4.78 is 20.0. The van der Waals surface area contributed by atoms with Crippen LogP contribution in [0.25, 0.3) is 0 Å². The van der Waals surface area contributed by atoms with Crippen LogP contribution >= 0.6 is 0 Å². The van der Waals surface area contributed by atoms with E-state index < -0.39 is 17.5 Å². The average molecular weight is 349 g/mol. The first kappa shape index (κ1) is 22.1. The summed E-state index contributed by atoms with van der Waals surface area (Å²) in [4.78, 5) is 33.0. The first-order valence-electron chi connectivity index (χ1n) is 7.33. The summed E-state index contributed by atoms with van der Waals surface area (Å²) in [5.41, 5.74) is -1.32. The number of alkyl carbamates (subject to hydrolysis) is 1. The summed E-state index contributed by atoms with van der Waals surface area (Å²) in [5.74, 6) is -1.58. The van der Waals surface area contributed by atoms with E-state index in [1.54, 1.807) is 0 Å². The van der Waals surface area contributed by atoms with Gasteiger partial charge in [-0.25, -0.2) is 4.79 Å². The van der Waals surface area contributed by atoms with Gasteiger partial charge in [-0.05, 0) is 6.92 Å². The molecule has 24 heavy (non-hydrogen) atoms. The molecule has 0 aliphatic heterocycles. The maximum Gasteiger partial charge on any atom is 0.408 e. The highest BCUT2D eigenvalue weighted by Gasteiger charge is 2.27.